The fourth-order valence-electron chi connectivity index (χ4n) is 4.65. The smallest absolute Gasteiger partial charge is 0.416 e. The predicted octanol–water partition coefficient (Wildman–Crippen LogP) is 6.14. The Balaban J connectivity index is 1.34. The van der Waals surface area contributed by atoms with Crippen LogP contribution in [0.1, 0.15) is 35.1 Å². The van der Waals surface area contributed by atoms with Gasteiger partial charge >= 0.3 is 6.18 Å². The molecule has 0 aromatic heterocycles. The van der Waals surface area contributed by atoms with Crippen LogP contribution in [0.3, 0.4) is 0 Å². The second-order valence-electron chi connectivity index (χ2n) is 8.81. The SMILES string of the molecule is FC(F)(F)c1ccc(C2(OCc3ccc4c(c3)OCO4)CCN(Cc3ccccc3)CC2)cc1. The third-order valence-corrected chi connectivity index (χ3v) is 6.60. The molecule has 3 aromatic carbocycles. The molecule has 0 amide bonds. The lowest BCUT2D eigenvalue weighted by Crippen LogP contribution is -2.44. The molecule has 3 aromatic rings. The number of ether oxygens (including phenoxy) is 3. The molecule has 0 aliphatic carbocycles. The predicted molar refractivity (Wildman–Crippen MR) is 121 cm³/mol. The van der Waals surface area contributed by atoms with E-state index in [1.807, 2.05) is 36.4 Å². The van der Waals surface area contributed by atoms with Gasteiger partial charge in [0, 0.05) is 19.6 Å². The van der Waals surface area contributed by atoms with Crippen molar-refractivity contribution in [2.45, 2.75) is 37.8 Å². The van der Waals surface area contributed by atoms with Gasteiger partial charge in [0.05, 0.1) is 17.8 Å². The Morgan fingerprint density at radius 2 is 1.53 bits per heavy atom. The van der Waals surface area contributed by atoms with E-state index in [1.54, 1.807) is 12.1 Å². The van der Waals surface area contributed by atoms with Crippen LogP contribution < -0.4 is 9.47 Å². The second kappa shape index (κ2) is 9.31. The Morgan fingerprint density at radius 3 is 2.24 bits per heavy atom. The topological polar surface area (TPSA) is 30.9 Å². The van der Waals surface area contributed by atoms with Gasteiger partial charge in [-0.05, 0) is 53.8 Å². The first-order chi connectivity index (χ1) is 16.4. The summed E-state index contributed by atoms with van der Waals surface area (Å²) in [6, 6.07) is 21.4. The molecule has 5 rings (SSSR count). The molecule has 0 saturated carbocycles. The lowest BCUT2D eigenvalue weighted by atomic mass is 9.83. The second-order valence-corrected chi connectivity index (χ2v) is 8.81. The zero-order valence-electron chi connectivity index (χ0n) is 18.7. The van der Waals surface area contributed by atoms with Gasteiger partial charge in [-0.2, -0.15) is 13.2 Å². The van der Waals surface area contributed by atoms with Crippen molar-refractivity contribution in [3.8, 4) is 11.5 Å². The lowest BCUT2D eigenvalue weighted by molar-refractivity contribution is -0.137. The molecular formula is C27H26F3NO3. The number of rotatable bonds is 6. The number of benzene rings is 3. The Hall–Kier alpha value is -3.03. The van der Waals surface area contributed by atoms with Crippen LogP contribution in [0.2, 0.25) is 0 Å². The zero-order chi connectivity index (χ0) is 23.6. The molecule has 0 spiro atoms. The number of nitrogens with zero attached hydrogens (tertiary/aromatic N) is 1. The van der Waals surface area contributed by atoms with Gasteiger partial charge in [-0.25, -0.2) is 0 Å². The van der Waals surface area contributed by atoms with Gasteiger partial charge in [-0.3, -0.25) is 4.90 Å². The van der Waals surface area contributed by atoms with E-state index in [0.717, 1.165) is 42.9 Å². The van der Waals surface area contributed by atoms with Gasteiger partial charge < -0.3 is 14.2 Å². The first kappa shape index (κ1) is 22.7. The summed E-state index contributed by atoms with van der Waals surface area (Å²) in [6.07, 6.45) is -2.98. The third kappa shape index (κ3) is 4.91. The van der Waals surface area contributed by atoms with E-state index in [1.165, 1.54) is 5.56 Å². The molecular weight excluding hydrogens is 443 g/mol. The average molecular weight is 470 g/mol. The van der Waals surface area contributed by atoms with Crippen LogP contribution in [-0.4, -0.2) is 24.8 Å². The summed E-state index contributed by atoms with van der Waals surface area (Å²) in [5.41, 5.74) is 1.64. The third-order valence-electron chi connectivity index (χ3n) is 6.60. The average Bonchev–Trinajstić information content (AvgIpc) is 3.32. The summed E-state index contributed by atoms with van der Waals surface area (Å²) in [7, 11) is 0. The van der Waals surface area contributed by atoms with E-state index in [9.17, 15) is 13.2 Å². The Bertz CT molecular complexity index is 1110. The maximum absolute atomic E-state index is 13.1. The van der Waals surface area contributed by atoms with Crippen LogP contribution in [0.4, 0.5) is 13.2 Å². The molecule has 2 aliphatic heterocycles. The normalized spacial score (nSPS) is 17.6. The van der Waals surface area contributed by atoms with Crippen molar-refractivity contribution < 1.29 is 27.4 Å². The van der Waals surface area contributed by atoms with Gasteiger partial charge in [0.15, 0.2) is 11.5 Å². The number of hydrogen-bond donors (Lipinski definition) is 0. The number of halogens is 3. The molecule has 2 aliphatic rings. The maximum atomic E-state index is 13.1. The number of likely N-dealkylation sites (tertiary alicyclic amines) is 1. The molecule has 0 atom stereocenters. The lowest BCUT2D eigenvalue weighted by Gasteiger charge is -2.42. The maximum Gasteiger partial charge on any atom is 0.416 e. The fraction of sp³-hybridized carbons (Fsp3) is 0.333. The summed E-state index contributed by atoms with van der Waals surface area (Å²) in [5.74, 6) is 1.39. The number of hydrogen-bond acceptors (Lipinski definition) is 4. The first-order valence-corrected chi connectivity index (χ1v) is 11.4. The van der Waals surface area contributed by atoms with Crippen LogP contribution in [0.15, 0.2) is 72.8 Å². The number of fused-ring (bicyclic) bond motifs is 1. The largest absolute Gasteiger partial charge is 0.454 e. The molecule has 1 fully saturated rings. The van der Waals surface area contributed by atoms with Gasteiger partial charge in [0.25, 0.3) is 0 Å². The standard InChI is InChI=1S/C27H26F3NO3/c28-27(29,30)23-9-7-22(8-10-23)26(34-18-21-6-11-24-25(16-21)33-19-32-24)12-14-31(15-13-26)17-20-4-2-1-3-5-20/h1-11,16H,12-15,17-19H2. The molecule has 0 unspecified atom stereocenters. The zero-order valence-corrected chi connectivity index (χ0v) is 18.7. The fourth-order valence-corrected chi connectivity index (χ4v) is 4.65. The van der Waals surface area contributed by atoms with Gasteiger partial charge in [0.1, 0.15) is 0 Å². The molecule has 178 valence electrons. The summed E-state index contributed by atoms with van der Waals surface area (Å²) >= 11 is 0. The van der Waals surface area contributed by atoms with Crippen molar-refractivity contribution in [1.29, 1.82) is 0 Å². The number of piperidine rings is 1. The Kier molecular flexibility index (Phi) is 6.23. The van der Waals surface area contributed by atoms with Crippen molar-refractivity contribution in [2.24, 2.45) is 0 Å². The monoisotopic (exact) mass is 469 g/mol. The van der Waals surface area contributed by atoms with Crippen molar-refractivity contribution in [2.75, 3.05) is 19.9 Å². The minimum atomic E-state index is -4.36. The summed E-state index contributed by atoms with van der Waals surface area (Å²) in [4.78, 5) is 2.36. The quantitative estimate of drug-likeness (QED) is 0.434. The van der Waals surface area contributed by atoms with Crippen molar-refractivity contribution >= 4 is 0 Å². The van der Waals surface area contributed by atoms with Gasteiger partial charge in [-0.15, -0.1) is 0 Å². The van der Waals surface area contributed by atoms with Crippen LogP contribution >= 0.6 is 0 Å². The highest BCUT2D eigenvalue weighted by molar-refractivity contribution is 5.44. The van der Waals surface area contributed by atoms with E-state index in [0.29, 0.717) is 30.9 Å². The molecule has 7 heteroatoms. The minimum Gasteiger partial charge on any atom is -0.454 e. The van der Waals surface area contributed by atoms with Gasteiger partial charge in [0.2, 0.25) is 6.79 Å². The highest BCUT2D eigenvalue weighted by Gasteiger charge is 2.38. The summed E-state index contributed by atoms with van der Waals surface area (Å²) in [6.45, 7) is 2.95. The first-order valence-electron chi connectivity index (χ1n) is 11.4. The highest BCUT2D eigenvalue weighted by atomic mass is 19.4. The molecule has 0 N–H and O–H groups in total. The highest BCUT2D eigenvalue weighted by Crippen LogP contribution is 2.40. The summed E-state index contributed by atoms with van der Waals surface area (Å²) in [5, 5.41) is 0. The molecule has 0 bridgehead atoms. The van der Waals surface area contributed by atoms with E-state index >= 15 is 0 Å². The van der Waals surface area contributed by atoms with E-state index < -0.39 is 17.3 Å². The van der Waals surface area contributed by atoms with Crippen LogP contribution in [0, 0.1) is 0 Å². The van der Waals surface area contributed by atoms with Gasteiger partial charge in [-0.1, -0.05) is 48.5 Å². The van der Waals surface area contributed by atoms with E-state index in [2.05, 4.69) is 17.0 Å². The van der Waals surface area contributed by atoms with Crippen LogP contribution in [0.5, 0.6) is 11.5 Å². The molecule has 1 saturated heterocycles. The van der Waals surface area contributed by atoms with Crippen LogP contribution in [-0.2, 0) is 29.7 Å². The van der Waals surface area contributed by atoms with E-state index in [-0.39, 0.29) is 6.79 Å². The Labute approximate surface area is 196 Å². The molecule has 34 heavy (non-hydrogen) atoms. The molecule has 4 nitrogen and oxygen atoms in total. The van der Waals surface area contributed by atoms with Crippen molar-refractivity contribution in [1.82, 2.24) is 4.90 Å². The van der Waals surface area contributed by atoms with E-state index in [4.69, 9.17) is 14.2 Å². The minimum absolute atomic E-state index is 0.201. The van der Waals surface area contributed by atoms with Crippen molar-refractivity contribution in [3.05, 3.63) is 95.1 Å². The van der Waals surface area contributed by atoms with Crippen molar-refractivity contribution in [3.63, 3.8) is 0 Å². The van der Waals surface area contributed by atoms with Crippen LogP contribution in [0.25, 0.3) is 0 Å². The molecule has 2 heterocycles. The Morgan fingerprint density at radius 1 is 0.824 bits per heavy atom. The molecule has 0 radical (unpaired) electrons. The number of alkyl halides is 3. The summed E-state index contributed by atoms with van der Waals surface area (Å²) < 4.78 is 56.8.